The van der Waals surface area contributed by atoms with E-state index in [2.05, 4.69) is 68.2 Å². The van der Waals surface area contributed by atoms with Crippen LogP contribution in [0.5, 0.6) is 0 Å². The number of nitrogens with one attached hydrogen (secondary N) is 1. The average molecular weight is 285 g/mol. The van der Waals surface area contributed by atoms with Gasteiger partial charge in [0.2, 0.25) is 0 Å². The Balaban J connectivity index is 2.18. The van der Waals surface area contributed by atoms with Gasteiger partial charge in [-0.2, -0.15) is 0 Å². The summed E-state index contributed by atoms with van der Waals surface area (Å²) in [6, 6.07) is 12.8. The van der Waals surface area contributed by atoms with Crippen LogP contribution in [0.2, 0.25) is 0 Å². The van der Waals surface area contributed by atoms with E-state index in [-0.39, 0.29) is 16.7 Å². The standard InChI is InChI=1S/C17H19NOS/c1-17(2)10-14-12-6-4-3-5-11(12)7-8-13(14)15(18-17)9-16(19)20/h3-8,15,18H,9-10H2,1-2H3,(H,19,20). The average Bonchev–Trinajstić information content (AvgIpc) is 2.36. The number of hydrogen-bond acceptors (Lipinski definition) is 2. The smallest absolute Gasteiger partial charge is 0.187 e. The van der Waals surface area contributed by atoms with Gasteiger partial charge in [-0.3, -0.25) is 4.79 Å². The molecule has 1 aliphatic rings. The molecular weight excluding hydrogens is 266 g/mol. The lowest BCUT2D eigenvalue weighted by molar-refractivity contribution is -0.111. The van der Waals surface area contributed by atoms with E-state index < -0.39 is 0 Å². The molecule has 0 radical (unpaired) electrons. The number of rotatable bonds is 2. The number of fused-ring (bicyclic) bond motifs is 3. The number of benzene rings is 2. The summed E-state index contributed by atoms with van der Waals surface area (Å²) >= 11 is 3.95. The zero-order chi connectivity index (χ0) is 14.3. The first-order valence-electron chi connectivity index (χ1n) is 6.96. The summed E-state index contributed by atoms with van der Waals surface area (Å²) in [4.78, 5) is 11.4. The first kappa shape index (κ1) is 13.7. The van der Waals surface area contributed by atoms with Gasteiger partial charge >= 0.3 is 0 Å². The van der Waals surface area contributed by atoms with Gasteiger partial charge < -0.3 is 5.32 Å². The van der Waals surface area contributed by atoms with Crippen molar-refractivity contribution < 1.29 is 4.79 Å². The molecule has 1 atom stereocenters. The van der Waals surface area contributed by atoms with Crippen LogP contribution >= 0.6 is 12.6 Å². The first-order chi connectivity index (χ1) is 9.46. The van der Waals surface area contributed by atoms with Gasteiger partial charge in [-0.25, -0.2) is 0 Å². The maximum atomic E-state index is 11.4. The van der Waals surface area contributed by atoms with Crippen molar-refractivity contribution in [1.82, 2.24) is 5.32 Å². The molecule has 0 fully saturated rings. The van der Waals surface area contributed by atoms with E-state index in [9.17, 15) is 4.79 Å². The van der Waals surface area contributed by atoms with Crippen molar-refractivity contribution in [3.05, 3.63) is 47.5 Å². The number of carbonyl (C=O) groups is 1. The van der Waals surface area contributed by atoms with Crippen LogP contribution in [0, 0.1) is 0 Å². The molecule has 0 aliphatic carbocycles. The Hall–Kier alpha value is -1.32. The molecule has 0 amide bonds. The van der Waals surface area contributed by atoms with E-state index in [0.717, 1.165) is 6.42 Å². The van der Waals surface area contributed by atoms with Gasteiger partial charge in [-0.15, -0.1) is 12.6 Å². The lowest BCUT2D eigenvalue weighted by atomic mass is 9.80. The third kappa shape index (κ3) is 2.48. The number of hydrogen-bond donors (Lipinski definition) is 2. The molecule has 2 nitrogen and oxygen atoms in total. The van der Waals surface area contributed by atoms with Crippen molar-refractivity contribution in [3.63, 3.8) is 0 Å². The van der Waals surface area contributed by atoms with Crippen LogP contribution in [0.4, 0.5) is 0 Å². The van der Waals surface area contributed by atoms with Gasteiger partial charge in [0.1, 0.15) is 0 Å². The minimum atomic E-state index is -0.0701. The number of thiol groups is 1. The fourth-order valence-electron chi connectivity index (χ4n) is 3.25. The number of carbonyl (C=O) groups excluding carboxylic acids is 1. The highest BCUT2D eigenvalue weighted by molar-refractivity contribution is 7.96. The molecule has 0 aromatic heterocycles. The highest BCUT2D eigenvalue weighted by Gasteiger charge is 2.32. The van der Waals surface area contributed by atoms with Crippen LogP contribution in [-0.2, 0) is 11.2 Å². The minimum absolute atomic E-state index is 0.00891. The van der Waals surface area contributed by atoms with Crippen molar-refractivity contribution in [2.45, 2.75) is 38.3 Å². The summed E-state index contributed by atoms with van der Waals surface area (Å²) in [6.07, 6.45) is 1.40. The van der Waals surface area contributed by atoms with Crippen LogP contribution in [0.3, 0.4) is 0 Å². The van der Waals surface area contributed by atoms with E-state index in [0.29, 0.717) is 6.42 Å². The van der Waals surface area contributed by atoms with E-state index in [4.69, 9.17) is 0 Å². The SMILES string of the molecule is CC1(C)Cc2c(ccc3ccccc23)C(CC(=O)S)N1. The normalized spacial score (nSPS) is 20.6. The van der Waals surface area contributed by atoms with E-state index in [1.807, 2.05) is 0 Å². The highest BCUT2D eigenvalue weighted by atomic mass is 32.1. The molecule has 0 spiro atoms. The van der Waals surface area contributed by atoms with Gasteiger partial charge in [0.05, 0.1) is 0 Å². The van der Waals surface area contributed by atoms with Gasteiger partial charge in [-0.1, -0.05) is 36.4 Å². The maximum absolute atomic E-state index is 11.4. The lowest BCUT2D eigenvalue weighted by Gasteiger charge is -2.39. The molecule has 20 heavy (non-hydrogen) atoms. The van der Waals surface area contributed by atoms with Crippen LogP contribution < -0.4 is 5.32 Å². The molecule has 1 aliphatic heterocycles. The van der Waals surface area contributed by atoms with Gasteiger partial charge in [-0.05, 0) is 42.2 Å². The molecule has 1 unspecified atom stereocenters. The van der Waals surface area contributed by atoms with Crippen LogP contribution in [0.15, 0.2) is 36.4 Å². The molecule has 2 aromatic rings. The molecule has 0 bridgehead atoms. The van der Waals surface area contributed by atoms with Crippen molar-refractivity contribution in [2.24, 2.45) is 0 Å². The van der Waals surface area contributed by atoms with Gasteiger partial charge in [0.25, 0.3) is 0 Å². The Bertz CT molecular complexity index is 678. The summed E-state index contributed by atoms with van der Waals surface area (Å²) < 4.78 is 0. The fourth-order valence-corrected chi connectivity index (χ4v) is 3.44. The Kier molecular flexibility index (Phi) is 3.35. The molecular formula is C17H19NOS. The Morgan fingerprint density at radius 3 is 2.80 bits per heavy atom. The largest absolute Gasteiger partial charge is 0.304 e. The van der Waals surface area contributed by atoms with Crippen LogP contribution in [-0.4, -0.2) is 10.7 Å². The molecule has 0 saturated carbocycles. The van der Waals surface area contributed by atoms with Gasteiger partial charge in [0, 0.05) is 18.0 Å². The summed E-state index contributed by atoms with van der Waals surface area (Å²) in [5.41, 5.74) is 2.60. The van der Waals surface area contributed by atoms with E-state index >= 15 is 0 Å². The third-order valence-corrected chi connectivity index (χ3v) is 4.20. The Morgan fingerprint density at radius 1 is 1.30 bits per heavy atom. The van der Waals surface area contributed by atoms with Crippen molar-refractivity contribution >= 4 is 28.5 Å². The zero-order valence-electron chi connectivity index (χ0n) is 11.8. The highest BCUT2D eigenvalue weighted by Crippen LogP contribution is 2.36. The lowest BCUT2D eigenvalue weighted by Crippen LogP contribution is -2.47. The second-order valence-corrected chi connectivity index (χ2v) is 6.71. The third-order valence-electron chi connectivity index (χ3n) is 4.01. The molecule has 1 N–H and O–H groups in total. The topological polar surface area (TPSA) is 29.1 Å². The summed E-state index contributed by atoms with van der Waals surface area (Å²) in [5.74, 6) is 0. The maximum Gasteiger partial charge on any atom is 0.187 e. The monoisotopic (exact) mass is 285 g/mol. The van der Waals surface area contributed by atoms with Gasteiger partial charge in [0.15, 0.2) is 5.12 Å². The molecule has 104 valence electrons. The Labute approximate surface area is 125 Å². The summed E-state index contributed by atoms with van der Waals surface area (Å²) in [7, 11) is 0. The second kappa shape index (κ2) is 4.90. The zero-order valence-corrected chi connectivity index (χ0v) is 12.7. The minimum Gasteiger partial charge on any atom is -0.304 e. The van der Waals surface area contributed by atoms with Crippen molar-refractivity contribution in [3.8, 4) is 0 Å². The predicted octanol–water partition coefficient (Wildman–Crippen LogP) is 3.65. The first-order valence-corrected chi connectivity index (χ1v) is 7.41. The van der Waals surface area contributed by atoms with Crippen LogP contribution in [0.25, 0.3) is 10.8 Å². The quantitative estimate of drug-likeness (QED) is 0.825. The summed E-state index contributed by atoms with van der Waals surface area (Å²) in [6.45, 7) is 4.38. The molecule has 3 rings (SSSR count). The summed E-state index contributed by atoms with van der Waals surface area (Å²) in [5, 5.41) is 6.07. The molecule has 0 saturated heterocycles. The van der Waals surface area contributed by atoms with Crippen molar-refractivity contribution in [1.29, 1.82) is 0 Å². The van der Waals surface area contributed by atoms with E-state index in [1.54, 1.807) is 0 Å². The fraction of sp³-hybridized carbons (Fsp3) is 0.353. The molecule has 3 heteroatoms. The van der Waals surface area contributed by atoms with Crippen molar-refractivity contribution in [2.75, 3.05) is 0 Å². The Morgan fingerprint density at radius 2 is 2.05 bits per heavy atom. The predicted molar refractivity (Wildman–Crippen MR) is 86.2 cm³/mol. The van der Waals surface area contributed by atoms with E-state index in [1.165, 1.54) is 21.9 Å². The second-order valence-electron chi connectivity index (χ2n) is 6.21. The van der Waals surface area contributed by atoms with Crippen LogP contribution in [0.1, 0.15) is 37.4 Å². The molecule has 1 heterocycles. The molecule has 2 aromatic carbocycles.